The van der Waals surface area contributed by atoms with E-state index >= 15 is 0 Å². The molecule has 1 aliphatic carbocycles. The van der Waals surface area contributed by atoms with E-state index in [0.717, 1.165) is 12.1 Å². The first-order valence-corrected chi connectivity index (χ1v) is 6.84. The number of nitrogen functional groups attached to an aromatic ring is 1. The molecule has 0 aliphatic heterocycles. The van der Waals surface area contributed by atoms with Gasteiger partial charge in [-0.3, -0.25) is 0 Å². The fourth-order valence-corrected chi connectivity index (χ4v) is 3.16. The van der Waals surface area contributed by atoms with E-state index in [2.05, 4.69) is 11.6 Å². The van der Waals surface area contributed by atoms with Gasteiger partial charge in [-0.25, -0.2) is 4.39 Å². The molecule has 2 unspecified atom stereocenters. The van der Waals surface area contributed by atoms with Gasteiger partial charge in [-0.15, -0.1) is 0 Å². The fourth-order valence-electron chi connectivity index (χ4n) is 2.23. The van der Waals surface area contributed by atoms with Gasteiger partial charge in [0.05, 0.1) is 11.4 Å². The standard InChI is InChI=1S/C12H17FN2S/c1-16-12-4-2-3-10(12)15-11-7-8(13)5-6-9(11)14/h5-7,10,12,15H,2-4,14H2,1H3. The molecule has 2 atom stereocenters. The molecule has 16 heavy (non-hydrogen) atoms. The topological polar surface area (TPSA) is 38.0 Å². The summed E-state index contributed by atoms with van der Waals surface area (Å²) in [6, 6.07) is 4.89. The molecule has 1 aromatic carbocycles. The highest BCUT2D eigenvalue weighted by Crippen LogP contribution is 2.32. The van der Waals surface area contributed by atoms with Gasteiger partial charge < -0.3 is 11.1 Å². The molecular weight excluding hydrogens is 223 g/mol. The lowest BCUT2D eigenvalue weighted by Crippen LogP contribution is -2.26. The maximum absolute atomic E-state index is 13.1. The van der Waals surface area contributed by atoms with Crippen molar-refractivity contribution < 1.29 is 4.39 Å². The monoisotopic (exact) mass is 240 g/mol. The number of hydrogen-bond donors (Lipinski definition) is 2. The van der Waals surface area contributed by atoms with E-state index < -0.39 is 0 Å². The van der Waals surface area contributed by atoms with Crippen molar-refractivity contribution in [3.05, 3.63) is 24.0 Å². The molecule has 0 bridgehead atoms. The highest BCUT2D eigenvalue weighted by Gasteiger charge is 2.26. The summed E-state index contributed by atoms with van der Waals surface area (Å²) in [6.07, 6.45) is 5.73. The van der Waals surface area contributed by atoms with Gasteiger partial charge in [-0.05, 0) is 37.3 Å². The van der Waals surface area contributed by atoms with Crippen LogP contribution < -0.4 is 11.1 Å². The average molecular weight is 240 g/mol. The number of rotatable bonds is 3. The predicted octanol–water partition coefficient (Wildman–Crippen LogP) is 3.10. The Kier molecular flexibility index (Phi) is 3.59. The van der Waals surface area contributed by atoms with Crippen molar-refractivity contribution in [3.8, 4) is 0 Å². The molecule has 0 aromatic heterocycles. The predicted molar refractivity (Wildman–Crippen MR) is 69.4 cm³/mol. The summed E-state index contributed by atoms with van der Waals surface area (Å²) < 4.78 is 13.1. The van der Waals surface area contributed by atoms with E-state index in [1.807, 2.05) is 11.8 Å². The maximum Gasteiger partial charge on any atom is 0.125 e. The second-order valence-corrected chi connectivity index (χ2v) is 5.26. The molecule has 3 N–H and O–H groups in total. The zero-order valence-electron chi connectivity index (χ0n) is 9.37. The number of hydrogen-bond acceptors (Lipinski definition) is 3. The van der Waals surface area contributed by atoms with Crippen LogP contribution in [0.4, 0.5) is 15.8 Å². The summed E-state index contributed by atoms with van der Waals surface area (Å²) >= 11 is 1.87. The molecule has 0 heterocycles. The Balaban J connectivity index is 2.11. The van der Waals surface area contributed by atoms with Crippen LogP contribution in [-0.4, -0.2) is 17.5 Å². The van der Waals surface area contributed by atoms with Gasteiger partial charge in [0.15, 0.2) is 0 Å². The van der Waals surface area contributed by atoms with Crippen LogP contribution in [0, 0.1) is 5.82 Å². The molecule has 1 fully saturated rings. The number of benzene rings is 1. The number of anilines is 2. The third-order valence-corrected chi connectivity index (χ3v) is 4.28. The molecular formula is C12H17FN2S. The van der Waals surface area contributed by atoms with E-state index in [9.17, 15) is 4.39 Å². The van der Waals surface area contributed by atoms with E-state index in [1.165, 1.54) is 25.0 Å². The van der Waals surface area contributed by atoms with E-state index in [-0.39, 0.29) is 5.82 Å². The first-order chi connectivity index (χ1) is 7.70. The Bertz CT molecular complexity index is 370. The number of thioether (sulfide) groups is 1. The van der Waals surface area contributed by atoms with Crippen LogP contribution in [0.25, 0.3) is 0 Å². The Morgan fingerprint density at radius 1 is 1.44 bits per heavy atom. The van der Waals surface area contributed by atoms with E-state index in [0.29, 0.717) is 17.0 Å². The smallest absolute Gasteiger partial charge is 0.125 e. The van der Waals surface area contributed by atoms with Gasteiger partial charge in [-0.1, -0.05) is 6.42 Å². The Labute approximate surface area is 99.8 Å². The zero-order chi connectivity index (χ0) is 11.5. The molecule has 0 spiro atoms. The summed E-state index contributed by atoms with van der Waals surface area (Å²) in [5, 5.41) is 3.98. The van der Waals surface area contributed by atoms with Crippen LogP contribution in [0.1, 0.15) is 19.3 Å². The van der Waals surface area contributed by atoms with Gasteiger partial charge >= 0.3 is 0 Å². The summed E-state index contributed by atoms with van der Waals surface area (Å²) in [6.45, 7) is 0. The first-order valence-electron chi connectivity index (χ1n) is 5.55. The number of nitrogens with one attached hydrogen (secondary N) is 1. The van der Waals surface area contributed by atoms with Gasteiger partial charge in [0.25, 0.3) is 0 Å². The van der Waals surface area contributed by atoms with E-state index in [1.54, 1.807) is 6.07 Å². The van der Waals surface area contributed by atoms with Crippen molar-refractivity contribution in [1.82, 2.24) is 0 Å². The molecule has 1 saturated carbocycles. The number of nitrogens with two attached hydrogens (primary N) is 1. The summed E-state index contributed by atoms with van der Waals surface area (Å²) in [5.41, 5.74) is 7.16. The molecule has 0 saturated heterocycles. The number of halogens is 1. The minimum atomic E-state index is -0.240. The fraction of sp³-hybridized carbons (Fsp3) is 0.500. The van der Waals surface area contributed by atoms with Gasteiger partial charge in [-0.2, -0.15) is 11.8 Å². The minimum absolute atomic E-state index is 0.240. The molecule has 1 aromatic rings. The molecule has 1 aliphatic rings. The van der Waals surface area contributed by atoms with Crippen molar-refractivity contribution in [2.24, 2.45) is 0 Å². The van der Waals surface area contributed by atoms with Crippen LogP contribution in [0.3, 0.4) is 0 Å². The molecule has 2 nitrogen and oxygen atoms in total. The minimum Gasteiger partial charge on any atom is -0.397 e. The van der Waals surface area contributed by atoms with Crippen molar-refractivity contribution in [2.45, 2.75) is 30.6 Å². The van der Waals surface area contributed by atoms with Crippen molar-refractivity contribution in [1.29, 1.82) is 0 Å². The summed E-state index contributed by atoms with van der Waals surface area (Å²) in [5.74, 6) is -0.240. The lowest BCUT2D eigenvalue weighted by Gasteiger charge is -2.21. The second kappa shape index (κ2) is 4.95. The van der Waals surface area contributed by atoms with Crippen molar-refractivity contribution in [3.63, 3.8) is 0 Å². The van der Waals surface area contributed by atoms with Crippen molar-refractivity contribution in [2.75, 3.05) is 17.3 Å². The van der Waals surface area contributed by atoms with Crippen LogP contribution in [0.2, 0.25) is 0 Å². The van der Waals surface area contributed by atoms with Crippen LogP contribution >= 0.6 is 11.8 Å². The quantitative estimate of drug-likeness (QED) is 0.797. The SMILES string of the molecule is CSC1CCCC1Nc1cc(F)ccc1N. The van der Waals surface area contributed by atoms with Crippen LogP contribution in [-0.2, 0) is 0 Å². The molecule has 4 heteroatoms. The lowest BCUT2D eigenvalue weighted by atomic mass is 10.2. The van der Waals surface area contributed by atoms with Gasteiger partial charge in [0, 0.05) is 11.3 Å². The molecule has 88 valence electrons. The normalized spacial score (nSPS) is 24.6. The lowest BCUT2D eigenvalue weighted by molar-refractivity contribution is 0.628. The third-order valence-electron chi connectivity index (χ3n) is 3.11. The third kappa shape index (κ3) is 2.43. The summed E-state index contributed by atoms with van der Waals surface area (Å²) in [7, 11) is 0. The Morgan fingerprint density at radius 2 is 2.25 bits per heavy atom. The Morgan fingerprint density at radius 3 is 3.00 bits per heavy atom. The second-order valence-electron chi connectivity index (χ2n) is 4.19. The van der Waals surface area contributed by atoms with E-state index in [4.69, 9.17) is 5.73 Å². The molecule has 0 radical (unpaired) electrons. The van der Waals surface area contributed by atoms with Crippen molar-refractivity contribution >= 4 is 23.1 Å². The van der Waals surface area contributed by atoms with Gasteiger partial charge in [0.2, 0.25) is 0 Å². The first kappa shape index (κ1) is 11.6. The highest BCUT2D eigenvalue weighted by molar-refractivity contribution is 7.99. The van der Waals surface area contributed by atoms with Crippen LogP contribution in [0.5, 0.6) is 0 Å². The molecule has 0 amide bonds. The zero-order valence-corrected chi connectivity index (χ0v) is 10.2. The average Bonchev–Trinajstić information content (AvgIpc) is 2.71. The Hall–Kier alpha value is -0.900. The van der Waals surface area contributed by atoms with Gasteiger partial charge in [0.1, 0.15) is 5.82 Å². The van der Waals surface area contributed by atoms with Crippen LogP contribution in [0.15, 0.2) is 18.2 Å². The maximum atomic E-state index is 13.1. The largest absolute Gasteiger partial charge is 0.397 e. The summed E-state index contributed by atoms with van der Waals surface area (Å²) in [4.78, 5) is 0. The highest BCUT2D eigenvalue weighted by atomic mass is 32.2. The molecule has 2 rings (SSSR count).